The molecule has 1 fully saturated rings. The molecule has 6 nitrogen and oxygen atoms in total. The Hall–Kier alpha value is -1.40. The molecule has 1 amide bonds. The van der Waals surface area contributed by atoms with Gasteiger partial charge in [0.25, 0.3) is 0 Å². The van der Waals surface area contributed by atoms with Gasteiger partial charge in [-0.25, -0.2) is 0 Å². The number of carbonyl (C=O) groups excluding carboxylic acids is 1. The summed E-state index contributed by atoms with van der Waals surface area (Å²) in [6, 6.07) is 1.81. The molecule has 0 unspecified atom stereocenters. The van der Waals surface area contributed by atoms with Crippen LogP contribution in [0.5, 0.6) is 0 Å². The molecule has 23 heavy (non-hydrogen) atoms. The van der Waals surface area contributed by atoms with Gasteiger partial charge in [-0.1, -0.05) is 13.8 Å². The van der Waals surface area contributed by atoms with Crippen molar-refractivity contribution in [1.82, 2.24) is 20.0 Å². The summed E-state index contributed by atoms with van der Waals surface area (Å²) in [5.41, 5.74) is 0. The SMILES string of the molecule is CC(C)[C@H](C(=O)N[C@H](C)Cn1cccn1)N1C[C@@H](C)O[C@@H](C)C1. The zero-order chi connectivity index (χ0) is 17.0. The molecule has 0 radical (unpaired) electrons. The Balaban J connectivity index is 1.97. The van der Waals surface area contributed by atoms with Gasteiger partial charge in [0.05, 0.1) is 24.8 Å². The highest BCUT2D eigenvalue weighted by atomic mass is 16.5. The van der Waals surface area contributed by atoms with Crippen LogP contribution in [-0.2, 0) is 16.1 Å². The van der Waals surface area contributed by atoms with Gasteiger partial charge in [0.2, 0.25) is 5.91 Å². The van der Waals surface area contributed by atoms with Gasteiger partial charge in [0.1, 0.15) is 0 Å². The van der Waals surface area contributed by atoms with E-state index in [0.717, 1.165) is 13.1 Å². The third-order valence-corrected chi connectivity index (χ3v) is 4.15. The fourth-order valence-electron chi connectivity index (χ4n) is 3.40. The van der Waals surface area contributed by atoms with E-state index in [9.17, 15) is 4.79 Å². The van der Waals surface area contributed by atoms with Crippen LogP contribution in [0.4, 0.5) is 0 Å². The predicted octanol–water partition coefficient (Wildman–Crippen LogP) is 1.52. The van der Waals surface area contributed by atoms with Gasteiger partial charge in [-0.3, -0.25) is 14.4 Å². The molecular formula is C17H30N4O2. The topological polar surface area (TPSA) is 59.4 Å². The lowest BCUT2D eigenvalue weighted by atomic mass is 9.99. The molecule has 1 aromatic rings. The van der Waals surface area contributed by atoms with Gasteiger partial charge in [0, 0.05) is 31.5 Å². The number of amides is 1. The number of ether oxygens (including phenoxy) is 1. The summed E-state index contributed by atoms with van der Waals surface area (Å²) >= 11 is 0. The summed E-state index contributed by atoms with van der Waals surface area (Å²) in [5.74, 6) is 0.352. The van der Waals surface area contributed by atoms with Crippen molar-refractivity contribution in [3.8, 4) is 0 Å². The molecule has 1 saturated heterocycles. The second-order valence-electron chi connectivity index (χ2n) is 7.04. The number of nitrogens with zero attached hydrogens (tertiary/aromatic N) is 3. The van der Waals surface area contributed by atoms with Crippen LogP contribution in [0.3, 0.4) is 0 Å². The third kappa shape index (κ3) is 5.04. The summed E-state index contributed by atoms with van der Waals surface area (Å²) in [5, 5.41) is 7.34. The molecule has 6 heteroatoms. The molecule has 130 valence electrons. The Bertz CT molecular complexity index is 479. The first-order chi connectivity index (χ1) is 10.9. The van der Waals surface area contributed by atoms with E-state index in [-0.39, 0.29) is 36.1 Å². The summed E-state index contributed by atoms with van der Waals surface area (Å²) < 4.78 is 7.63. The van der Waals surface area contributed by atoms with E-state index < -0.39 is 0 Å². The standard InChI is InChI=1S/C17H30N4O2/c1-12(2)16(20-10-14(4)23-15(5)11-20)17(22)19-13(3)9-21-8-6-7-18-21/h6-8,12-16H,9-11H2,1-5H3,(H,19,22)/t13-,14-,15+,16-/m1/s1. The zero-order valence-corrected chi connectivity index (χ0v) is 14.9. The van der Waals surface area contributed by atoms with E-state index in [1.807, 2.05) is 23.9 Å². The van der Waals surface area contributed by atoms with E-state index in [1.54, 1.807) is 6.20 Å². The van der Waals surface area contributed by atoms with E-state index in [2.05, 4.69) is 43.0 Å². The molecule has 0 spiro atoms. The van der Waals surface area contributed by atoms with Gasteiger partial charge in [0.15, 0.2) is 0 Å². The van der Waals surface area contributed by atoms with Crippen LogP contribution in [0.2, 0.25) is 0 Å². The monoisotopic (exact) mass is 322 g/mol. The van der Waals surface area contributed by atoms with Crippen molar-refractivity contribution in [2.75, 3.05) is 13.1 Å². The van der Waals surface area contributed by atoms with Crippen molar-refractivity contribution in [3.05, 3.63) is 18.5 Å². The average Bonchev–Trinajstić information content (AvgIpc) is 2.89. The lowest BCUT2D eigenvalue weighted by Crippen LogP contribution is -2.58. The van der Waals surface area contributed by atoms with Crippen LogP contribution in [0.15, 0.2) is 18.5 Å². The van der Waals surface area contributed by atoms with Crippen LogP contribution >= 0.6 is 0 Å². The van der Waals surface area contributed by atoms with Crippen molar-refractivity contribution < 1.29 is 9.53 Å². The number of morpholine rings is 1. The lowest BCUT2D eigenvalue weighted by Gasteiger charge is -2.41. The first kappa shape index (κ1) is 17.9. The molecule has 0 aliphatic carbocycles. The van der Waals surface area contributed by atoms with Crippen molar-refractivity contribution in [2.45, 2.75) is 65.5 Å². The lowest BCUT2D eigenvalue weighted by molar-refractivity contribution is -0.136. The molecule has 0 aromatic carbocycles. The van der Waals surface area contributed by atoms with Crippen molar-refractivity contribution in [1.29, 1.82) is 0 Å². The van der Waals surface area contributed by atoms with E-state index in [0.29, 0.717) is 6.54 Å². The summed E-state index contributed by atoms with van der Waals surface area (Å²) in [4.78, 5) is 15.1. The van der Waals surface area contributed by atoms with Gasteiger partial charge < -0.3 is 10.1 Å². The Morgan fingerprint density at radius 2 is 1.96 bits per heavy atom. The minimum atomic E-state index is -0.121. The molecule has 1 aromatic heterocycles. The normalized spacial score (nSPS) is 25.3. The first-order valence-corrected chi connectivity index (χ1v) is 8.54. The van der Waals surface area contributed by atoms with Crippen LogP contribution in [0.1, 0.15) is 34.6 Å². The number of carbonyl (C=O) groups is 1. The maximum atomic E-state index is 12.8. The fourth-order valence-corrected chi connectivity index (χ4v) is 3.40. The van der Waals surface area contributed by atoms with Crippen LogP contribution in [0.25, 0.3) is 0 Å². The number of aromatic nitrogens is 2. The Morgan fingerprint density at radius 3 is 2.48 bits per heavy atom. The highest BCUT2D eigenvalue weighted by molar-refractivity contribution is 5.82. The molecule has 4 atom stereocenters. The predicted molar refractivity (Wildman–Crippen MR) is 90.0 cm³/mol. The zero-order valence-electron chi connectivity index (χ0n) is 14.9. The van der Waals surface area contributed by atoms with Gasteiger partial charge >= 0.3 is 0 Å². The maximum Gasteiger partial charge on any atom is 0.237 e. The highest BCUT2D eigenvalue weighted by Gasteiger charge is 2.34. The number of hydrogen-bond acceptors (Lipinski definition) is 4. The van der Waals surface area contributed by atoms with Crippen LogP contribution in [0, 0.1) is 5.92 Å². The second kappa shape index (κ2) is 7.93. The fraction of sp³-hybridized carbons (Fsp3) is 0.765. The number of nitrogens with one attached hydrogen (secondary N) is 1. The molecule has 1 aliphatic rings. The highest BCUT2D eigenvalue weighted by Crippen LogP contribution is 2.18. The first-order valence-electron chi connectivity index (χ1n) is 8.54. The number of hydrogen-bond donors (Lipinski definition) is 1. The van der Waals surface area contributed by atoms with Crippen molar-refractivity contribution >= 4 is 5.91 Å². The quantitative estimate of drug-likeness (QED) is 0.863. The van der Waals surface area contributed by atoms with Crippen molar-refractivity contribution in [2.24, 2.45) is 5.92 Å². The minimum Gasteiger partial charge on any atom is -0.373 e. The molecule has 0 bridgehead atoms. The number of rotatable bonds is 6. The smallest absolute Gasteiger partial charge is 0.237 e. The molecule has 1 aliphatic heterocycles. The average molecular weight is 322 g/mol. The largest absolute Gasteiger partial charge is 0.373 e. The molecule has 2 rings (SSSR count). The minimum absolute atomic E-state index is 0.0412. The molecule has 1 N–H and O–H groups in total. The van der Waals surface area contributed by atoms with E-state index in [1.165, 1.54) is 0 Å². The third-order valence-electron chi connectivity index (χ3n) is 4.15. The maximum absolute atomic E-state index is 12.8. The van der Waals surface area contributed by atoms with Crippen molar-refractivity contribution in [3.63, 3.8) is 0 Å². The Morgan fingerprint density at radius 1 is 1.30 bits per heavy atom. The Kier molecular flexibility index (Phi) is 6.18. The summed E-state index contributed by atoms with van der Waals surface area (Å²) in [7, 11) is 0. The van der Waals surface area contributed by atoms with E-state index in [4.69, 9.17) is 4.74 Å². The van der Waals surface area contributed by atoms with E-state index >= 15 is 0 Å². The van der Waals surface area contributed by atoms with Gasteiger partial charge in [-0.05, 0) is 32.8 Å². The van der Waals surface area contributed by atoms with Crippen LogP contribution in [-0.4, -0.2) is 58.0 Å². The molecule has 2 heterocycles. The molecule has 0 saturated carbocycles. The second-order valence-corrected chi connectivity index (χ2v) is 7.04. The summed E-state index contributed by atoms with van der Waals surface area (Å²) in [6.45, 7) is 12.6. The van der Waals surface area contributed by atoms with Gasteiger partial charge in [-0.15, -0.1) is 0 Å². The van der Waals surface area contributed by atoms with Crippen LogP contribution < -0.4 is 5.32 Å². The molecular weight excluding hydrogens is 292 g/mol. The van der Waals surface area contributed by atoms with Gasteiger partial charge in [-0.2, -0.15) is 5.10 Å². The summed E-state index contributed by atoms with van der Waals surface area (Å²) in [6.07, 6.45) is 3.99. The Labute approximate surface area is 139 Å².